The lowest BCUT2D eigenvalue weighted by Crippen LogP contribution is -2.14. The van der Waals surface area contributed by atoms with Crippen LogP contribution in [0, 0.1) is 27.2 Å². The maximum Gasteiger partial charge on any atom is 0.271 e. The molecular formula is C20H15N3O5. The predicted octanol–water partition coefficient (Wildman–Crippen LogP) is 4.73. The highest BCUT2D eigenvalue weighted by Gasteiger charge is 2.17. The van der Waals surface area contributed by atoms with E-state index in [4.69, 9.17) is 0 Å². The molecule has 0 unspecified atom stereocenters. The van der Waals surface area contributed by atoms with E-state index in [1.54, 1.807) is 25.1 Å². The monoisotopic (exact) mass is 377 g/mol. The summed E-state index contributed by atoms with van der Waals surface area (Å²) in [5.74, 6) is -0.401. The van der Waals surface area contributed by atoms with Crippen molar-refractivity contribution in [2.45, 2.75) is 6.92 Å². The van der Waals surface area contributed by atoms with E-state index in [0.29, 0.717) is 16.7 Å². The van der Waals surface area contributed by atoms with Crippen LogP contribution in [0.1, 0.15) is 15.9 Å². The van der Waals surface area contributed by atoms with Crippen LogP contribution in [0.2, 0.25) is 0 Å². The molecule has 0 radical (unpaired) electrons. The Hall–Kier alpha value is -4.07. The average molecular weight is 377 g/mol. The minimum Gasteiger partial charge on any atom is -0.321 e. The topological polar surface area (TPSA) is 115 Å². The molecule has 0 aromatic heterocycles. The molecular weight excluding hydrogens is 362 g/mol. The van der Waals surface area contributed by atoms with E-state index in [2.05, 4.69) is 5.32 Å². The van der Waals surface area contributed by atoms with Crippen molar-refractivity contribution < 1.29 is 14.6 Å². The molecule has 0 fully saturated rings. The van der Waals surface area contributed by atoms with Crippen LogP contribution in [0.5, 0.6) is 0 Å². The molecule has 1 N–H and O–H groups in total. The number of aryl methyl sites for hydroxylation is 1. The van der Waals surface area contributed by atoms with Gasteiger partial charge in [0.05, 0.1) is 15.5 Å². The largest absolute Gasteiger partial charge is 0.321 e. The third-order valence-electron chi connectivity index (χ3n) is 4.24. The van der Waals surface area contributed by atoms with Crippen molar-refractivity contribution >= 4 is 23.0 Å². The first kappa shape index (κ1) is 18.7. The van der Waals surface area contributed by atoms with Gasteiger partial charge in [0.1, 0.15) is 0 Å². The molecule has 3 rings (SSSR count). The van der Waals surface area contributed by atoms with Gasteiger partial charge in [0.2, 0.25) is 0 Å². The average Bonchev–Trinajstić information content (AvgIpc) is 2.68. The zero-order valence-corrected chi connectivity index (χ0v) is 14.8. The van der Waals surface area contributed by atoms with Gasteiger partial charge in [-0.15, -0.1) is 0 Å². The molecule has 0 heterocycles. The molecule has 8 nitrogen and oxygen atoms in total. The summed E-state index contributed by atoms with van der Waals surface area (Å²) < 4.78 is 0. The molecule has 0 bridgehead atoms. The maximum absolute atomic E-state index is 12.7. The van der Waals surface area contributed by atoms with Crippen LogP contribution in [0.3, 0.4) is 0 Å². The van der Waals surface area contributed by atoms with Gasteiger partial charge in [0.15, 0.2) is 0 Å². The van der Waals surface area contributed by atoms with E-state index < -0.39 is 15.8 Å². The first-order chi connectivity index (χ1) is 13.4. The predicted molar refractivity (Wildman–Crippen MR) is 104 cm³/mol. The Kier molecular flexibility index (Phi) is 5.12. The summed E-state index contributed by atoms with van der Waals surface area (Å²) >= 11 is 0. The molecule has 3 aromatic rings. The van der Waals surface area contributed by atoms with Crippen molar-refractivity contribution in [3.8, 4) is 11.1 Å². The van der Waals surface area contributed by atoms with Crippen molar-refractivity contribution in [2.24, 2.45) is 0 Å². The summed E-state index contributed by atoms with van der Waals surface area (Å²) in [5.41, 5.74) is 2.31. The van der Waals surface area contributed by atoms with Crippen LogP contribution in [0.4, 0.5) is 17.1 Å². The summed E-state index contributed by atoms with van der Waals surface area (Å²) in [5, 5.41) is 24.7. The second-order valence-corrected chi connectivity index (χ2v) is 6.06. The van der Waals surface area contributed by atoms with Gasteiger partial charge in [0, 0.05) is 35.4 Å². The number of nitrogens with one attached hydrogen (secondary N) is 1. The molecule has 8 heteroatoms. The second kappa shape index (κ2) is 7.67. The molecule has 0 spiro atoms. The van der Waals surface area contributed by atoms with Crippen molar-refractivity contribution in [1.82, 2.24) is 0 Å². The molecule has 140 valence electrons. The van der Waals surface area contributed by atoms with E-state index in [9.17, 15) is 25.0 Å². The van der Waals surface area contributed by atoms with Gasteiger partial charge >= 0.3 is 0 Å². The summed E-state index contributed by atoms with van der Waals surface area (Å²) in [6.07, 6.45) is 0. The standard InChI is InChI=1S/C20H15N3O5/c1-13-4-2-3-5-17(13)20(24)21-19-12-16(23(27)28)10-11-18(19)14-6-8-15(9-7-14)22(25)26/h2-12H,1H3,(H,21,24). The zero-order chi connectivity index (χ0) is 20.3. The molecule has 28 heavy (non-hydrogen) atoms. The van der Waals surface area contributed by atoms with Crippen molar-refractivity contribution in [2.75, 3.05) is 5.32 Å². The molecule has 0 atom stereocenters. The van der Waals surface area contributed by atoms with Crippen LogP contribution in [0.25, 0.3) is 11.1 Å². The number of amides is 1. The Morgan fingerprint density at radius 2 is 1.46 bits per heavy atom. The fourth-order valence-corrected chi connectivity index (χ4v) is 2.78. The molecule has 3 aromatic carbocycles. The lowest BCUT2D eigenvalue weighted by atomic mass is 10.0. The number of rotatable bonds is 5. The van der Waals surface area contributed by atoms with Gasteiger partial charge in [-0.25, -0.2) is 0 Å². The Morgan fingerprint density at radius 1 is 0.857 bits per heavy atom. The van der Waals surface area contributed by atoms with E-state index in [-0.39, 0.29) is 17.1 Å². The van der Waals surface area contributed by atoms with Crippen LogP contribution >= 0.6 is 0 Å². The summed E-state index contributed by atoms with van der Waals surface area (Å²) in [7, 11) is 0. The molecule has 0 saturated heterocycles. The number of carbonyl (C=O) groups is 1. The number of carbonyl (C=O) groups excluding carboxylic acids is 1. The fraction of sp³-hybridized carbons (Fsp3) is 0.0500. The SMILES string of the molecule is Cc1ccccc1C(=O)Nc1cc([N+](=O)[O-])ccc1-c1ccc([N+](=O)[O-])cc1. The number of hydrogen-bond acceptors (Lipinski definition) is 5. The number of nitro groups is 2. The summed E-state index contributed by atoms with van der Waals surface area (Å²) in [6, 6.07) is 16.8. The van der Waals surface area contributed by atoms with Crippen molar-refractivity contribution in [3.63, 3.8) is 0 Å². The van der Waals surface area contributed by atoms with Gasteiger partial charge in [-0.05, 0) is 42.3 Å². The lowest BCUT2D eigenvalue weighted by molar-refractivity contribution is -0.385. The molecule has 0 aliphatic heterocycles. The van der Waals surface area contributed by atoms with Gasteiger partial charge in [-0.1, -0.05) is 18.2 Å². The van der Waals surface area contributed by atoms with E-state index in [0.717, 1.165) is 5.56 Å². The fourth-order valence-electron chi connectivity index (χ4n) is 2.78. The van der Waals surface area contributed by atoms with Crippen molar-refractivity contribution in [3.05, 3.63) is 98.1 Å². The highest BCUT2D eigenvalue weighted by atomic mass is 16.6. The Balaban J connectivity index is 2.03. The number of nitro benzene ring substituents is 2. The second-order valence-electron chi connectivity index (χ2n) is 6.06. The third-order valence-corrected chi connectivity index (χ3v) is 4.24. The van der Waals surface area contributed by atoms with Crippen LogP contribution in [-0.2, 0) is 0 Å². The molecule has 0 aliphatic carbocycles. The Bertz CT molecular complexity index is 1080. The summed E-state index contributed by atoms with van der Waals surface area (Å²) in [6.45, 7) is 1.79. The maximum atomic E-state index is 12.7. The number of non-ortho nitro benzene ring substituents is 2. The highest BCUT2D eigenvalue weighted by Crippen LogP contribution is 2.33. The van der Waals surface area contributed by atoms with Crippen LogP contribution in [-0.4, -0.2) is 15.8 Å². The minimum absolute atomic E-state index is 0.0730. The normalized spacial score (nSPS) is 10.3. The highest BCUT2D eigenvalue weighted by molar-refractivity contribution is 6.07. The molecule has 0 saturated carbocycles. The third kappa shape index (κ3) is 3.85. The van der Waals surface area contributed by atoms with Gasteiger partial charge in [-0.3, -0.25) is 25.0 Å². The van der Waals surface area contributed by atoms with Crippen LogP contribution < -0.4 is 5.32 Å². The van der Waals surface area contributed by atoms with Gasteiger partial charge in [-0.2, -0.15) is 0 Å². The van der Waals surface area contributed by atoms with Crippen molar-refractivity contribution in [1.29, 1.82) is 0 Å². The smallest absolute Gasteiger partial charge is 0.271 e. The first-order valence-electron chi connectivity index (χ1n) is 8.27. The van der Waals surface area contributed by atoms with E-state index in [1.165, 1.54) is 42.5 Å². The Labute approximate surface area is 159 Å². The number of nitrogens with zero attached hydrogens (tertiary/aromatic N) is 2. The zero-order valence-electron chi connectivity index (χ0n) is 14.8. The molecule has 1 amide bonds. The number of benzene rings is 3. The Morgan fingerprint density at radius 3 is 2.07 bits per heavy atom. The lowest BCUT2D eigenvalue weighted by Gasteiger charge is -2.12. The molecule has 0 aliphatic rings. The minimum atomic E-state index is -0.553. The quantitative estimate of drug-likeness (QED) is 0.510. The number of hydrogen-bond donors (Lipinski definition) is 1. The van der Waals surface area contributed by atoms with Gasteiger partial charge in [0.25, 0.3) is 17.3 Å². The van der Waals surface area contributed by atoms with E-state index >= 15 is 0 Å². The first-order valence-corrected chi connectivity index (χ1v) is 8.27. The number of anilines is 1. The van der Waals surface area contributed by atoms with Crippen LogP contribution in [0.15, 0.2) is 66.7 Å². The van der Waals surface area contributed by atoms with E-state index in [1.807, 2.05) is 6.07 Å². The summed E-state index contributed by atoms with van der Waals surface area (Å²) in [4.78, 5) is 33.6. The van der Waals surface area contributed by atoms with Gasteiger partial charge < -0.3 is 5.32 Å².